The summed E-state index contributed by atoms with van der Waals surface area (Å²) in [5.41, 5.74) is 4.15. The van der Waals surface area contributed by atoms with E-state index >= 15 is 0 Å². The zero-order valence-electron chi connectivity index (χ0n) is 14.8. The van der Waals surface area contributed by atoms with Crippen molar-refractivity contribution in [1.82, 2.24) is 4.90 Å². The molecule has 0 aromatic heterocycles. The highest BCUT2D eigenvalue weighted by molar-refractivity contribution is 9.10. The topological polar surface area (TPSA) is 20.3 Å². The van der Waals surface area contributed by atoms with E-state index in [0.29, 0.717) is 12.3 Å². The molecule has 4 rings (SSSR count). The van der Waals surface area contributed by atoms with E-state index in [0.717, 1.165) is 23.7 Å². The van der Waals surface area contributed by atoms with E-state index in [1.807, 2.05) is 6.07 Å². The van der Waals surface area contributed by atoms with Crippen molar-refractivity contribution < 1.29 is 4.79 Å². The molecule has 1 fully saturated rings. The van der Waals surface area contributed by atoms with Crippen LogP contribution < -0.4 is 0 Å². The molecule has 0 spiro atoms. The number of amides is 1. The monoisotopic (exact) mass is 397 g/mol. The van der Waals surface area contributed by atoms with Gasteiger partial charge in [0.15, 0.2) is 0 Å². The van der Waals surface area contributed by atoms with Gasteiger partial charge in [-0.05, 0) is 55.0 Å². The van der Waals surface area contributed by atoms with Gasteiger partial charge in [-0.2, -0.15) is 0 Å². The third-order valence-corrected chi connectivity index (χ3v) is 6.78. The van der Waals surface area contributed by atoms with E-state index in [9.17, 15) is 4.79 Å². The summed E-state index contributed by atoms with van der Waals surface area (Å²) in [5.74, 6) is 0.305. The number of benzene rings is 2. The smallest absolute Gasteiger partial charge is 0.223 e. The van der Waals surface area contributed by atoms with E-state index in [2.05, 4.69) is 77.1 Å². The first kappa shape index (κ1) is 16.8. The molecule has 0 radical (unpaired) electrons. The average molecular weight is 398 g/mol. The van der Waals surface area contributed by atoms with E-state index in [1.165, 1.54) is 16.7 Å². The summed E-state index contributed by atoms with van der Waals surface area (Å²) in [4.78, 5) is 15.1. The number of carbonyl (C=O) groups is 1. The molecule has 0 bridgehead atoms. The van der Waals surface area contributed by atoms with Gasteiger partial charge in [-0.1, -0.05) is 59.3 Å². The average Bonchev–Trinajstić information content (AvgIpc) is 2.62. The third kappa shape index (κ3) is 2.73. The lowest BCUT2D eigenvalue weighted by Gasteiger charge is -2.53. The second-order valence-electron chi connectivity index (χ2n) is 7.66. The van der Waals surface area contributed by atoms with Gasteiger partial charge in [0.25, 0.3) is 0 Å². The number of hydrogen-bond donors (Lipinski definition) is 0. The Balaban J connectivity index is 1.75. The summed E-state index contributed by atoms with van der Waals surface area (Å²) in [7, 11) is 0. The van der Waals surface area contributed by atoms with Crippen LogP contribution in [0.4, 0.5) is 0 Å². The van der Waals surface area contributed by atoms with Gasteiger partial charge in [0, 0.05) is 22.4 Å². The Kier molecular flexibility index (Phi) is 4.23. The molecular formula is C22H24BrNO. The van der Waals surface area contributed by atoms with Crippen LogP contribution in [0.3, 0.4) is 0 Å². The van der Waals surface area contributed by atoms with Gasteiger partial charge in [-0.15, -0.1) is 0 Å². The lowest BCUT2D eigenvalue weighted by atomic mass is 9.63. The van der Waals surface area contributed by atoms with Gasteiger partial charge in [0.1, 0.15) is 0 Å². The highest BCUT2D eigenvalue weighted by atomic mass is 79.9. The fraction of sp³-hybridized carbons (Fsp3) is 0.409. The first-order chi connectivity index (χ1) is 12.0. The molecule has 3 heteroatoms. The molecule has 2 aromatic rings. The van der Waals surface area contributed by atoms with E-state index in [-0.39, 0.29) is 17.5 Å². The molecule has 0 unspecified atom stereocenters. The molecule has 1 saturated heterocycles. The maximum absolute atomic E-state index is 12.9. The van der Waals surface area contributed by atoms with Crippen molar-refractivity contribution in [3.8, 4) is 0 Å². The van der Waals surface area contributed by atoms with Crippen molar-refractivity contribution in [2.45, 2.75) is 57.0 Å². The maximum atomic E-state index is 12.9. The Bertz CT molecular complexity index is 803. The predicted octanol–water partition coefficient (Wildman–Crippen LogP) is 5.41. The quantitative estimate of drug-likeness (QED) is 0.663. The number of rotatable bonds is 2. The molecule has 2 aliphatic rings. The van der Waals surface area contributed by atoms with E-state index < -0.39 is 0 Å². The van der Waals surface area contributed by atoms with Crippen molar-refractivity contribution >= 4 is 21.8 Å². The summed E-state index contributed by atoms with van der Waals surface area (Å²) < 4.78 is 1.15. The fourth-order valence-electron chi connectivity index (χ4n) is 4.91. The number of piperidine rings is 1. The second kappa shape index (κ2) is 6.28. The van der Waals surface area contributed by atoms with E-state index in [4.69, 9.17) is 0 Å². The molecule has 1 heterocycles. The summed E-state index contributed by atoms with van der Waals surface area (Å²) in [6, 6.07) is 17.5. The zero-order valence-corrected chi connectivity index (χ0v) is 16.4. The fourth-order valence-corrected chi connectivity index (χ4v) is 5.32. The molecule has 130 valence electrons. The van der Waals surface area contributed by atoms with Gasteiger partial charge in [0.05, 0.1) is 6.04 Å². The van der Waals surface area contributed by atoms with Gasteiger partial charge < -0.3 is 4.90 Å². The Morgan fingerprint density at radius 3 is 2.68 bits per heavy atom. The van der Waals surface area contributed by atoms with Crippen molar-refractivity contribution in [3.63, 3.8) is 0 Å². The summed E-state index contributed by atoms with van der Waals surface area (Å²) >= 11 is 3.61. The van der Waals surface area contributed by atoms with E-state index in [1.54, 1.807) is 0 Å². The highest BCUT2D eigenvalue weighted by Crippen LogP contribution is 2.48. The molecular weight excluding hydrogens is 374 g/mol. The number of fused-ring (bicyclic) bond motifs is 3. The molecule has 2 aromatic carbocycles. The Hall–Kier alpha value is -1.61. The minimum Gasteiger partial charge on any atom is -0.332 e. The standard InChI is InChI=1S/C22H24BrNO/c1-15(16-6-4-3-5-7-16)24-20-11-8-17-14-18(23)9-10-19(17)22(20,2)13-12-21(24)25/h3-7,9-10,14-15,20H,8,11-13H2,1-2H3/t15-,20-,22-/m1/s1. The number of halogens is 1. The minimum absolute atomic E-state index is 0.0469. The molecule has 2 nitrogen and oxygen atoms in total. The molecule has 0 N–H and O–H groups in total. The number of aryl methyl sites for hydroxylation is 1. The highest BCUT2D eigenvalue weighted by Gasteiger charge is 2.49. The van der Waals surface area contributed by atoms with Crippen LogP contribution in [-0.4, -0.2) is 16.8 Å². The van der Waals surface area contributed by atoms with Crippen LogP contribution in [0.15, 0.2) is 53.0 Å². The van der Waals surface area contributed by atoms with Crippen molar-refractivity contribution in [2.75, 3.05) is 0 Å². The molecule has 0 saturated carbocycles. The van der Waals surface area contributed by atoms with Crippen molar-refractivity contribution in [1.29, 1.82) is 0 Å². The predicted molar refractivity (Wildman–Crippen MR) is 105 cm³/mol. The Morgan fingerprint density at radius 1 is 1.16 bits per heavy atom. The van der Waals surface area contributed by atoms with Gasteiger partial charge in [-0.25, -0.2) is 0 Å². The molecule has 1 aliphatic heterocycles. The Morgan fingerprint density at radius 2 is 1.92 bits per heavy atom. The second-order valence-corrected chi connectivity index (χ2v) is 8.58. The van der Waals surface area contributed by atoms with Gasteiger partial charge in [0.2, 0.25) is 5.91 Å². The lowest BCUT2D eigenvalue weighted by molar-refractivity contribution is -0.143. The first-order valence-electron chi connectivity index (χ1n) is 9.16. The summed E-state index contributed by atoms with van der Waals surface area (Å²) in [6.45, 7) is 4.54. The number of carbonyl (C=O) groups excluding carboxylic acids is 1. The third-order valence-electron chi connectivity index (χ3n) is 6.29. The lowest BCUT2D eigenvalue weighted by Crippen LogP contribution is -2.58. The number of likely N-dealkylation sites (tertiary alicyclic amines) is 1. The SMILES string of the molecule is C[C@H](c1ccccc1)N1C(=O)CC[C@]2(C)c3ccc(Br)cc3CC[C@@H]12. The van der Waals surface area contributed by atoms with Crippen LogP contribution in [0.5, 0.6) is 0 Å². The summed E-state index contributed by atoms with van der Waals surface area (Å²) in [5, 5.41) is 0. The van der Waals surface area contributed by atoms with Crippen LogP contribution in [-0.2, 0) is 16.6 Å². The van der Waals surface area contributed by atoms with Crippen LogP contribution in [0, 0.1) is 0 Å². The largest absolute Gasteiger partial charge is 0.332 e. The zero-order chi connectivity index (χ0) is 17.6. The number of hydrogen-bond acceptors (Lipinski definition) is 1. The van der Waals surface area contributed by atoms with Crippen LogP contribution in [0.1, 0.15) is 55.8 Å². The molecule has 1 amide bonds. The molecule has 3 atom stereocenters. The maximum Gasteiger partial charge on any atom is 0.223 e. The van der Waals surface area contributed by atoms with Crippen LogP contribution in [0.2, 0.25) is 0 Å². The normalized spacial score (nSPS) is 26.8. The van der Waals surface area contributed by atoms with Crippen molar-refractivity contribution in [3.05, 3.63) is 69.7 Å². The van der Waals surface area contributed by atoms with Gasteiger partial charge >= 0.3 is 0 Å². The Labute approximate surface area is 158 Å². The number of nitrogens with zero attached hydrogens (tertiary/aromatic N) is 1. The van der Waals surface area contributed by atoms with Crippen LogP contribution in [0.25, 0.3) is 0 Å². The van der Waals surface area contributed by atoms with Crippen molar-refractivity contribution in [2.24, 2.45) is 0 Å². The summed E-state index contributed by atoms with van der Waals surface area (Å²) in [6.07, 6.45) is 3.67. The molecule has 25 heavy (non-hydrogen) atoms. The first-order valence-corrected chi connectivity index (χ1v) is 9.95. The van der Waals surface area contributed by atoms with Gasteiger partial charge in [-0.3, -0.25) is 4.79 Å². The molecule has 1 aliphatic carbocycles. The van der Waals surface area contributed by atoms with Crippen LogP contribution >= 0.6 is 15.9 Å². The minimum atomic E-state index is 0.0469.